The molecule has 148 valence electrons. The van der Waals surface area contributed by atoms with Gasteiger partial charge in [-0.25, -0.2) is 0 Å². The number of nitrogens with two attached hydrogens (primary N) is 1. The molecule has 1 heterocycles. The molecule has 2 amide bonds. The van der Waals surface area contributed by atoms with E-state index >= 15 is 0 Å². The Balaban J connectivity index is 2.02. The summed E-state index contributed by atoms with van der Waals surface area (Å²) in [4.78, 5) is 37.6. The van der Waals surface area contributed by atoms with Crippen molar-refractivity contribution in [3.8, 4) is 0 Å². The van der Waals surface area contributed by atoms with Gasteiger partial charge in [-0.2, -0.15) is 0 Å². The molecule has 4 unspecified atom stereocenters. The predicted octanol–water partition coefficient (Wildman–Crippen LogP) is -0.256. The number of carbonyl (C=O) groups is 3. The molecule has 4 N–H and O–H groups in total. The third-order valence-electron chi connectivity index (χ3n) is 4.80. The first-order valence-corrected chi connectivity index (χ1v) is 9.21. The summed E-state index contributed by atoms with van der Waals surface area (Å²) in [6.07, 6.45) is 2.25. The number of hydrogen-bond donors (Lipinski definition) is 3. The van der Waals surface area contributed by atoms with Crippen LogP contribution in [0.25, 0.3) is 0 Å². The van der Waals surface area contributed by atoms with Gasteiger partial charge in [0.2, 0.25) is 11.8 Å². The highest BCUT2D eigenvalue weighted by molar-refractivity contribution is 5.98. The van der Waals surface area contributed by atoms with E-state index in [1.807, 2.05) is 13.8 Å². The zero-order valence-corrected chi connectivity index (χ0v) is 16.0. The van der Waals surface area contributed by atoms with Crippen LogP contribution in [0.3, 0.4) is 0 Å². The SMILES string of the molecule is COCC(N)C(=O)NC(C(=O)NC(CC(C)C)C(=O)C1(C)CO1)C1CC1. The van der Waals surface area contributed by atoms with E-state index in [0.717, 1.165) is 12.8 Å². The number of ketones is 1. The first-order valence-electron chi connectivity index (χ1n) is 9.21. The van der Waals surface area contributed by atoms with Crippen molar-refractivity contribution in [2.24, 2.45) is 17.6 Å². The van der Waals surface area contributed by atoms with Crippen LogP contribution in [0.15, 0.2) is 0 Å². The topological polar surface area (TPSA) is 123 Å². The second-order valence-corrected chi connectivity index (χ2v) is 7.96. The van der Waals surface area contributed by atoms with E-state index in [2.05, 4.69) is 10.6 Å². The molecule has 2 aliphatic rings. The lowest BCUT2D eigenvalue weighted by Gasteiger charge is -2.25. The monoisotopic (exact) mass is 369 g/mol. The summed E-state index contributed by atoms with van der Waals surface area (Å²) >= 11 is 0. The second-order valence-electron chi connectivity index (χ2n) is 7.96. The molecule has 0 aromatic rings. The largest absolute Gasteiger partial charge is 0.383 e. The molecule has 1 saturated carbocycles. The van der Waals surface area contributed by atoms with Crippen LogP contribution in [0.1, 0.15) is 40.0 Å². The van der Waals surface area contributed by atoms with E-state index in [0.29, 0.717) is 13.0 Å². The van der Waals surface area contributed by atoms with Gasteiger partial charge < -0.3 is 25.8 Å². The van der Waals surface area contributed by atoms with Gasteiger partial charge in [0.1, 0.15) is 17.7 Å². The summed E-state index contributed by atoms with van der Waals surface area (Å²) in [5.41, 5.74) is 4.94. The van der Waals surface area contributed by atoms with Crippen molar-refractivity contribution in [2.75, 3.05) is 20.3 Å². The Morgan fingerprint density at radius 3 is 2.31 bits per heavy atom. The quantitative estimate of drug-likeness (QED) is 0.431. The van der Waals surface area contributed by atoms with Crippen LogP contribution in [-0.4, -0.2) is 61.6 Å². The summed E-state index contributed by atoms with van der Waals surface area (Å²) in [6.45, 7) is 6.18. The third kappa shape index (κ3) is 5.49. The van der Waals surface area contributed by atoms with Gasteiger partial charge in [0, 0.05) is 7.11 Å². The lowest BCUT2D eigenvalue weighted by atomic mass is 9.93. The van der Waals surface area contributed by atoms with E-state index in [9.17, 15) is 14.4 Å². The van der Waals surface area contributed by atoms with E-state index in [1.165, 1.54) is 7.11 Å². The van der Waals surface area contributed by atoms with Crippen molar-refractivity contribution in [2.45, 2.75) is 63.8 Å². The predicted molar refractivity (Wildman–Crippen MR) is 95.3 cm³/mol. The Morgan fingerprint density at radius 2 is 1.85 bits per heavy atom. The Morgan fingerprint density at radius 1 is 1.23 bits per heavy atom. The molecule has 26 heavy (non-hydrogen) atoms. The van der Waals surface area contributed by atoms with Gasteiger partial charge in [-0.15, -0.1) is 0 Å². The molecule has 0 radical (unpaired) electrons. The fraction of sp³-hybridized carbons (Fsp3) is 0.833. The summed E-state index contributed by atoms with van der Waals surface area (Å²) < 4.78 is 10.1. The van der Waals surface area contributed by atoms with Gasteiger partial charge >= 0.3 is 0 Å². The molecule has 0 aromatic heterocycles. The van der Waals surface area contributed by atoms with Crippen molar-refractivity contribution < 1.29 is 23.9 Å². The van der Waals surface area contributed by atoms with Gasteiger partial charge in [-0.05, 0) is 38.0 Å². The molecule has 1 aliphatic carbocycles. The molecule has 1 aliphatic heterocycles. The Bertz CT molecular complexity index is 543. The van der Waals surface area contributed by atoms with E-state index < -0.39 is 29.6 Å². The number of ether oxygens (including phenoxy) is 2. The maximum Gasteiger partial charge on any atom is 0.243 e. The summed E-state index contributed by atoms with van der Waals surface area (Å²) in [5.74, 6) is -0.569. The van der Waals surface area contributed by atoms with Crippen molar-refractivity contribution in [3.63, 3.8) is 0 Å². The zero-order valence-electron chi connectivity index (χ0n) is 16.0. The normalized spacial score (nSPS) is 25.3. The first kappa shape index (κ1) is 20.8. The highest BCUT2D eigenvalue weighted by atomic mass is 16.6. The first-order chi connectivity index (χ1) is 12.2. The van der Waals surface area contributed by atoms with E-state index in [-0.39, 0.29) is 30.1 Å². The van der Waals surface area contributed by atoms with Gasteiger partial charge in [0.25, 0.3) is 0 Å². The highest BCUT2D eigenvalue weighted by Crippen LogP contribution is 2.33. The number of nitrogens with one attached hydrogen (secondary N) is 2. The van der Waals surface area contributed by atoms with E-state index in [1.54, 1.807) is 6.92 Å². The number of rotatable bonds is 11. The average molecular weight is 369 g/mol. The van der Waals surface area contributed by atoms with Gasteiger partial charge in [-0.3, -0.25) is 14.4 Å². The standard InChI is InChI=1S/C18H31N3O5/c1-10(2)7-13(15(22)18(3)9-26-18)20-17(24)14(11-5-6-11)21-16(23)12(19)8-25-4/h10-14H,5-9,19H2,1-4H3,(H,20,24)(H,21,23). The fourth-order valence-corrected chi connectivity index (χ4v) is 2.93. The van der Waals surface area contributed by atoms with Crippen molar-refractivity contribution >= 4 is 17.6 Å². The molecule has 2 rings (SSSR count). The third-order valence-corrected chi connectivity index (χ3v) is 4.80. The van der Waals surface area contributed by atoms with Crippen molar-refractivity contribution in [3.05, 3.63) is 0 Å². The molecule has 0 spiro atoms. The molecular formula is C18H31N3O5. The fourth-order valence-electron chi connectivity index (χ4n) is 2.93. The number of hydrogen-bond acceptors (Lipinski definition) is 6. The number of methoxy groups -OCH3 is 1. The molecular weight excluding hydrogens is 338 g/mol. The lowest BCUT2D eigenvalue weighted by molar-refractivity contribution is -0.134. The maximum atomic E-state index is 12.8. The van der Waals surface area contributed by atoms with Crippen LogP contribution in [0.4, 0.5) is 0 Å². The van der Waals surface area contributed by atoms with Gasteiger partial charge in [0.05, 0.1) is 19.3 Å². The van der Waals surface area contributed by atoms with E-state index in [4.69, 9.17) is 15.2 Å². The van der Waals surface area contributed by atoms with Crippen LogP contribution in [0, 0.1) is 11.8 Å². The van der Waals surface area contributed by atoms with Crippen molar-refractivity contribution in [1.82, 2.24) is 10.6 Å². The molecule has 0 bridgehead atoms. The van der Waals surface area contributed by atoms with Crippen LogP contribution in [-0.2, 0) is 23.9 Å². The summed E-state index contributed by atoms with van der Waals surface area (Å²) in [7, 11) is 1.46. The van der Waals surface area contributed by atoms with Crippen molar-refractivity contribution in [1.29, 1.82) is 0 Å². The Kier molecular flexibility index (Phi) is 6.76. The van der Waals surface area contributed by atoms with Crippen LogP contribution >= 0.6 is 0 Å². The Labute approximate surface area is 154 Å². The minimum absolute atomic E-state index is 0.0784. The maximum absolute atomic E-state index is 12.8. The molecule has 2 fully saturated rings. The number of Topliss-reactive ketones (excluding diaryl/α,β-unsaturated/α-hetero) is 1. The van der Waals surface area contributed by atoms with Gasteiger partial charge in [0.15, 0.2) is 5.78 Å². The average Bonchev–Trinajstić information content (AvgIpc) is 3.47. The zero-order chi connectivity index (χ0) is 19.5. The smallest absolute Gasteiger partial charge is 0.243 e. The lowest BCUT2D eigenvalue weighted by Crippen LogP contribution is -2.57. The molecule has 0 aromatic carbocycles. The van der Waals surface area contributed by atoms with Crippen LogP contribution in [0.2, 0.25) is 0 Å². The minimum Gasteiger partial charge on any atom is -0.383 e. The second kappa shape index (κ2) is 8.45. The summed E-state index contributed by atoms with van der Waals surface area (Å²) in [5, 5.41) is 5.55. The molecule has 8 heteroatoms. The van der Waals surface area contributed by atoms with Crippen LogP contribution < -0.4 is 16.4 Å². The number of amides is 2. The number of epoxide rings is 1. The molecule has 1 saturated heterocycles. The van der Waals surface area contributed by atoms with Crippen LogP contribution in [0.5, 0.6) is 0 Å². The summed E-state index contributed by atoms with van der Waals surface area (Å²) in [6, 6.07) is -2.14. The Hall–Kier alpha value is -1.51. The molecule has 4 atom stereocenters. The highest BCUT2D eigenvalue weighted by Gasteiger charge is 2.50. The minimum atomic E-state index is -0.832. The van der Waals surface area contributed by atoms with Gasteiger partial charge in [-0.1, -0.05) is 13.8 Å². The number of carbonyl (C=O) groups excluding carboxylic acids is 3. The molecule has 8 nitrogen and oxygen atoms in total.